The second-order valence-electron chi connectivity index (χ2n) is 6.21. The monoisotopic (exact) mass is 338 g/mol. The molecule has 0 unspecified atom stereocenters. The van der Waals surface area contributed by atoms with Crippen LogP contribution in [0.4, 0.5) is 0 Å². The molecule has 0 aliphatic rings. The molecule has 25 heavy (non-hydrogen) atoms. The van der Waals surface area contributed by atoms with E-state index in [0.29, 0.717) is 12.8 Å². The van der Waals surface area contributed by atoms with E-state index in [1.807, 2.05) is 60.7 Å². The second kappa shape index (κ2) is 10.4. The summed E-state index contributed by atoms with van der Waals surface area (Å²) in [5.74, 6) is -0.105. The zero-order valence-corrected chi connectivity index (χ0v) is 14.8. The molecule has 0 N–H and O–H groups in total. The van der Waals surface area contributed by atoms with Crippen LogP contribution in [-0.2, 0) is 14.3 Å². The average Bonchev–Trinajstić information content (AvgIpc) is 2.66. The molecule has 0 amide bonds. The van der Waals surface area contributed by atoms with Gasteiger partial charge in [-0.3, -0.25) is 9.59 Å². The lowest BCUT2D eigenvalue weighted by Crippen LogP contribution is -2.14. The number of carbonyl (C=O) groups is 2. The Bertz CT molecular complexity index is 610. The standard InChI is InChI=1S/C22H26O3/c1-25-21(24)17-11-3-2-10-16-20(23)22(18-12-6-4-7-13-18)19-14-8-5-9-15-19/h4-9,12-15,22H,2-3,10-11,16-17H2,1H3. The van der Waals surface area contributed by atoms with Gasteiger partial charge in [0.2, 0.25) is 0 Å². The number of methoxy groups -OCH3 is 1. The van der Waals surface area contributed by atoms with Crippen molar-refractivity contribution in [2.24, 2.45) is 0 Å². The summed E-state index contributed by atoms with van der Waals surface area (Å²) in [6.07, 6.45) is 4.61. The topological polar surface area (TPSA) is 43.4 Å². The molecule has 0 aromatic heterocycles. The van der Waals surface area contributed by atoms with Crippen molar-refractivity contribution in [3.8, 4) is 0 Å². The molecule has 0 saturated carbocycles. The molecule has 0 heterocycles. The summed E-state index contributed by atoms with van der Waals surface area (Å²) < 4.78 is 4.63. The van der Waals surface area contributed by atoms with E-state index in [4.69, 9.17) is 0 Å². The van der Waals surface area contributed by atoms with Crippen LogP contribution in [0.25, 0.3) is 0 Å². The molecule has 3 nitrogen and oxygen atoms in total. The van der Waals surface area contributed by atoms with Gasteiger partial charge < -0.3 is 4.74 Å². The summed E-state index contributed by atoms with van der Waals surface area (Å²) in [6.45, 7) is 0. The lowest BCUT2D eigenvalue weighted by Gasteiger charge is -2.17. The molecule has 0 saturated heterocycles. The van der Waals surface area contributed by atoms with E-state index in [0.717, 1.165) is 36.8 Å². The van der Waals surface area contributed by atoms with Gasteiger partial charge in [-0.15, -0.1) is 0 Å². The van der Waals surface area contributed by atoms with Crippen molar-refractivity contribution in [3.05, 3.63) is 71.8 Å². The van der Waals surface area contributed by atoms with Gasteiger partial charge in [0.15, 0.2) is 0 Å². The number of esters is 1. The van der Waals surface area contributed by atoms with Crippen LogP contribution in [0.15, 0.2) is 60.7 Å². The largest absolute Gasteiger partial charge is 0.469 e. The second-order valence-corrected chi connectivity index (χ2v) is 6.21. The number of rotatable bonds is 10. The van der Waals surface area contributed by atoms with Crippen molar-refractivity contribution in [1.82, 2.24) is 0 Å². The average molecular weight is 338 g/mol. The first-order valence-electron chi connectivity index (χ1n) is 8.92. The summed E-state index contributed by atoms with van der Waals surface area (Å²) in [5.41, 5.74) is 2.09. The van der Waals surface area contributed by atoms with Crippen LogP contribution in [0, 0.1) is 0 Å². The smallest absolute Gasteiger partial charge is 0.305 e. The van der Waals surface area contributed by atoms with E-state index in [2.05, 4.69) is 4.74 Å². The van der Waals surface area contributed by atoms with Gasteiger partial charge in [-0.1, -0.05) is 73.5 Å². The van der Waals surface area contributed by atoms with E-state index >= 15 is 0 Å². The number of benzene rings is 2. The molecule has 0 aliphatic carbocycles. The van der Waals surface area contributed by atoms with Crippen LogP contribution < -0.4 is 0 Å². The predicted octanol–water partition coefficient (Wildman–Crippen LogP) is 4.90. The molecule has 0 fully saturated rings. The molecule has 0 aliphatic heterocycles. The summed E-state index contributed by atoms with van der Waals surface area (Å²) in [5, 5.41) is 0. The molecule has 0 bridgehead atoms. The van der Waals surface area contributed by atoms with Crippen LogP contribution in [0.1, 0.15) is 55.6 Å². The first kappa shape index (κ1) is 18.9. The van der Waals surface area contributed by atoms with E-state index < -0.39 is 0 Å². The van der Waals surface area contributed by atoms with Crippen LogP contribution in [-0.4, -0.2) is 18.9 Å². The molecule has 0 spiro atoms. The van der Waals surface area contributed by atoms with Crippen LogP contribution in [0.2, 0.25) is 0 Å². The third kappa shape index (κ3) is 6.18. The number of hydrogen-bond acceptors (Lipinski definition) is 3. The van der Waals surface area contributed by atoms with E-state index in [1.165, 1.54) is 7.11 Å². The number of ether oxygens (including phenoxy) is 1. The Hall–Kier alpha value is -2.42. The Morgan fingerprint density at radius 3 is 1.72 bits per heavy atom. The predicted molar refractivity (Wildman–Crippen MR) is 99.5 cm³/mol. The fourth-order valence-electron chi connectivity index (χ4n) is 3.02. The lowest BCUT2D eigenvalue weighted by atomic mass is 9.85. The summed E-state index contributed by atoms with van der Waals surface area (Å²) in [4.78, 5) is 23.9. The normalized spacial score (nSPS) is 10.6. The number of unbranched alkanes of at least 4 members (excludes halogenated alkanes) is 3. The highest BCUT2D eigenvalue weighted by Gasteiger charge is 2.21. The maximum Gasteiger partial charge on any atom is 0.305 e. The first-order chi connectivity index (χ1) is 12.2. The fraction of sp³-hybridized carbons (Fsp3) is 0.364. The Morgan fingerprint density at radius 1 is 0.760 bits per heavy atom. The van der Waals surface area contributed by atoms with Gasteiger partial charge in [0, 0.05) is 12.8 Å². The maximum atomic E-state index is 12.9. The highest BCUT2D eigenvalue weighted by molar-refractivity contribution is 5.89. The van der Waals surface area contributed by atoms with Gasteiger partial charge in [0.1, 0.15) is 5.78 Å². The minimum atomic E-state index is -0.197. The van der Waals surface area contributed by atoms with Gasteiger partial charge in [0.05, 0.1) is 13.0 Å². The van der Waals surface area contributed by atoms with Crippen molar-refractivity contribution < 1.29 is 14.3 Å². The number of carbonyl (C=O) groups excluding carboxylic acids is 2. The minimum absolute atomic E-state index is 0.163. The van der Waals surface area contributed by atoms with Crippen molar-refractivity contribution in [2.45, 2.75) is 44.4 Å². The number of ketones is 1. The fourth-order valence-corrected chi connectivity index (χ4v) is 3.02. The van der Waals surface area contributed by atoms with Crippen molar-refractivity contribution in [1.29, 1.82) is 0 Å². The highest BCUT2D eigenvalue weighted by atomic mass is 16.5. The summed E-state index contributed by atoms with van der Waals surface area (Å²) >= 11 is 0. The zero-order valence-electron chi connectivity index (χ0n) is 14.8. The van der Waals surface area contributed by atoms with E-state index in [9.17, 15) is 9.59 Å². The minimum Gasteiger partial charge on any atom is -0.469 e. The summed E-state index contributed by atoms with van der Waals surface area (Å²) in [6, 6.07) is 19.9. The Balaban J connectivity index is 1.90. The van der Waals surface area contributed by atoms with Gasteiger partial charge in [-0.05, 0) is 24.0 Å². The third-order valence-electron chi connectivity index (χ3n) is 4.37. The lowest BCUT2D eigenvalue weighted by molar-refractivity contribution is -0.140. The molecule has 0 radical (unpaired) electrons. The Kier molecular flexibility index (Phi) is 7.90. The summed E-state index contributed by atoms with van der Waals surface area (Å²) in [7, 11) is 1.41. The number of Topliss-reactive ketones (excluding diaryl/α,β-unsaturated/α-hetero) is 1. The van der Waals surface area contributed by atoms with Gasteiger partial charge in [-0.2, -0.15) is 0 Å². The Morgan fingerprint density at radius 2 is 1.24 bits per heavy atom. The zero-order chi connectivity index (χ0) is 17.9. The maximum absolute atomic E-state index is 12.9. The van der Waals surface area contributed by atoms with E-state index in [1.54, 1.807) is 0 Å². The van der Waals surface area contributed by atoms with Gasteiger partial charge >= 0.3 is 5.97 Å². The van der Waals surface area contributed by atoms with Gasteiger partial charge in [0.25, 0.3) is 0 Å². The molecule has 3 heteroatoms. The first-order valence-corrected chi connectivity index (χ1v) is 8.92. The molecular formula is C22H26O3. The highest BCUT2D eigenvalue weighted by Crippen LogP contribution is 2.27. The van der Waals surface area contributed by atoms with Crippen molar-refractivity contribution in [2.75, 3.05) is 7.11 Å². The number of hydrogen-bond donors (Lipinski definition) is 0. The molecule has 132 valence electrons. The third-order valence-corrected chi connectivity index (χ3v) is 4.37. The quantitative estimate of drug-likeness (QED) is 0.457. The van der Waals surface area contributed by atoms with Crippen LogP contribution >= 0.6 is 0 Å². The Labute approximate surface area is 150 Å². The molecule has 0 atom stereocenters. The SMILES string of the molecule is COC(=O)CCCCCCC(=O)C(c1ccccc1)c1ccccc1. The van der Waals surface area contributed by atoms with Crippen molar-refractivity contribution in [3.63, 3.8) is 0 Å². The molecule has 2 rings (SSSR count). The van der Waals surface area contributed by atoms with Crippen LogP contribution in [0.5, 0.6) is 0 Å². The van der Waals surface area contributed by atoms with Gasteiger partial charge in [-0.25, -0.2) is 0 Å². The molecular weight excluding hydrogens is 312 g/mol. The van der Waals surface area contributed by atoms with E-state index in [-0.39, 0.29) is 17.7 Å². The molecule has 2 aromatic rings. The van der Waals surface area contributed by atoms with Crippen LogP contribution in [0.3, 0.4) is 0 Å². The van der Waals surface area contributed by atoms with Crippen molar-refractivity contribution >= 4 is 11.8 Å². The molecule has 2 aromatic carbocycles.